The topological polar surface area (TPSA) is 49.9 Å². The third-order valence-corrected chi connectivity index (χ3v) is 3.50. The van der Waals surface area contributed by atoms with Crippen LogP contribution in [0.5, 0.6) is 5.75 Å². The van der Waals surface area contributed by atoms with Crippen LogP contribution in [-0.4, -0.2) is 23.6 Å². The molecule has 0 spiro atoms. The van der Waals surface area contributed by atoms with Crippen molar-refractivity contribution in [2.24, 2.45) is 0 Å². The number of nitrogens with one attached hydrogen (secondary N) is 2. The molecule has 1 aromatic carbocycles. The first-order chi connectivity index (χ1) is 9.26. The lowest BCUT2D eigenvalue weighted by Crippen LogP contribution is -2.00. The van der Waals surface area contributed by atoms with Crippen LogP contribution in [0.4, 0.5) is 5.82 Å². The summed E-state index contributed by atoms with van der Waals surface area (Å²) in [4.78, 5) is 7.53. The third-order valence-electron chi connectivity index (χ3n) is 3.30. The number of H-pyrrole nitrogens is 1. The monoisotopic (exact) mass is 273 g/mol. The Morgan fingerprint density at radius 1 is 1.42 bits per heavy atom. The smallest absolute Gasteiger partial charge is 0.198 e. The molecule has 0 atom stereocenters. The van der Waals surface area contributed by atoms with Crippen molar-refractivity contribution in [3.05, 3.63) is 45.9 Å². The molecule has 5 heteroatoms. The zero-order valence-corrected chi connectivity index (χ0v) is 11.5. The van der Waals surface area contributed by atoms with Crippen molar-refractivity contribution in [3.63, 3.8) is 0 Å². The minimum absolute atomic E-state index is 0.533. The fourth-order valence-corrected chi connectivity index (χ4v) is 2.62. The zero-order chi connectivity index (χ0) is 13.2. The molecular formula is C14H15N3OS. The predicted molar refractivity (Wildman–Crippen MR) is 77.4 cm³/mol. The summed E-state index contributed by atoms with van der Waals surface area (Å²) in [7, 11) is 1.68. The van der Waals surface area contributed by atoms with Crippen LogP contribution in [0.3, 0.4) is 0 Å². The minimum atomic E-state index is 0.533. The number of methoxy groups -OCH3 is 1. The molecule has 19 heavy (non-hydrogen) atoms. The van der Waals surface area contributed by atoms with Gasteiger partial charge in [-0.1, -0.05) is 12.1 Å². The van der Waals surface area contributed by atoms with Gasteiger partial charge in [0.15, 0.2) is 4.77 Å². The van der Waals surface area contributed by atoms with Gasteiger partial charge in [-0.05, 0) is 36.3 Å². The summed E-state index contributed by atoms with van der Waals surface area (Å²) in [5.41, 5.74) is 3.59. The summed E-state index contributed by atoms with van der Waals surface area (Å²) in [6.07, 6.45) is 1.81. The lowest BCUT2D eigenvalue weighted by Gasteiger charge is -2.08. The van der Waals surface area contributed by atoms with Crippen LogP contribution in [0.2, 0.25) is 0 Å². The first-order valence-electron chi connectivity index (χ1n) is 6.25. The van der Waals surface area contributed by atoms with Crippen molar-refractivity contribution in [1.82, 2.24) is 9.97 Å². The second-order valence-corrected chi connectivity index (χ2v) is 4.94. The van der Waals surface area contributed by atoms with Crippen molar-refractivity contribution in [1.29, 1.82) is 0 Å². The van der Waals surface area contributed by atoms with Crippen molar-refractivity contribution in [2.75, 3.05) is 19.0 Å². The third kappa shape index (κ3) is 2.46. The molecular weight excluding hydrogens is 258 g/mol. The molecule has 0 amide bonds. The Morgan fingerprint density at radius 3 is 3.16 bits per heavy atom. The van der Waals surface area contributed by atoms with Crippen LogP contribution in [-0.2, 0) is 12.8 Å². The fraction of sp³-hybridized carbons (Fsp3) is 0.286. The lowest BCUT2D eigenvalue weighted by atomic mass is 10.0. The van der Waals surface area contributed by atoms with E-state index in [-0.39, 0.29) is 0 Å². The van der Waals surface area contributed by atoms with E-state index >= 15 is 0 Å². The maximum absolute atomic E-state index is 5.25. The van der Waals surface area contributed by atoms with E-state index in [0.717, 1.165) is 36.6 Å². The summed E-state index contributed by atoms with van der Waals surface area (Å²) in [5, 5.41) is 3.27. The fourth-order valence-electron chi connectivity index (χ4n) is 2.40. The molecule has 4 nitrogen and oxygen atoms in total. The number of benzene rings is 1. The number of rotatable bonds is 3. The SMILES string of the molecule is COc1cccc(Cc2[nH]c(=S)nc3c2CCN3)c1. The Bertz CT molecular complexity index is 666. The summed E-state index contributed by atoms with van der Waals surface area (Å²) in [6.45, 7) is 0.931. The number of hydrogen-bond donors (Lipinski definition) is 2. The van der Waals surface area contributed by atoms with E-state index in [1.54, 1.807) is 7.11 Å². The maximum atomic E-state index is 5.25. The molecule has 3 rings (SSSR count). The second kappa shape index (κ2) is 5.01. The highest BCUT2D eigenvalue weighted by atomic mass is 32.1. The van der Waals surface area contributed by atoms with Crippen LogP contribution in [0.15, 0.2) is 24.3 Å². The Labute approximate surface area is 116 Å². The van der Waals surface area contributed by atoms with E-state index in [2.05, 4.69) is 21.4 Å². The molecule has 98 valence electrons. The van der Waals surface area contributed by atoms with E-state index in [1.807, 2.05) is 18.2 Å². The largest absolute Gasteiger partial charge is 0.497 e. The van der Waals surface area contributed by atoms with Crippen LogP contribution in [0.1, 0.15) is 16.8 Å². The molecule has 2 heterocycles. The van der Waals surface area contributed by atoms with Gasteiger partial charge in [-0.3, -0.25) is 0 Å². The lowest BCUT2D eigenvalue weighted by molar-refractivity contribution is 0.414. The number of nitrogens with zero attached hydrogens (tertiary/aromatic N) is 1. The van der Waals surface area contributed by atoms with Gasteiger partial charge >= 0.3 is 0 Å². The zero-order valence-electron chi connectivity index (χ0n) is 10.7. The quantitative estimate of drug-likeness (QED) is 0.844. The average molecular weight is 273 g/mol. The first-order valence-corrected chi connectivity index (χ1v) is 6.66. The standard InChI is InChI=1S/C14H15N3OS/c1-18-10-4-2-3-9(7-10)8-12-11-5-6-15-13(11)17-14(19)16-12/h2-4,7H,5-6,8H2,1H3,(H2,15,16,17,19). The maximum Gasteiger partial charge on any atom is 0.198 e. The molecule has 2 N–H and O–H groups in total. The van der Waals surface area contributed by atoms with Gasteiger partial charge in [0.2, 0.25) is 0 Å². The number of aromatic nitrogens is 2. The van der Waals surface area contributed by atoms with Gasteiger partial charge < -0.3 is 15.0 Å². The van der Waals surface area contributed by atoms with Crippen LogP contribution in [0, 0.1) is 4.77 Å². The normalized spacial score (nSPS) is 12.9. The van der Waals surface area contributed by atoms with E-state index < -0.39 is 0 Å². The molecule has 0 bridgehead atoms. The van der Waals surface area contributed by atoms with Crippen LogP contribution < -0.4 is 10.1 Å². The number of ether oxygens (including phenoxy) is 1. The van der Waals surface area contributed by atoms with Crippen molar-refractivity contribution in [3.8, 4) is 5.75 Å². The molecule has 2 aromatic rings. The predicted octanol–water partition coefficient (Wildman–Crippen LogP) is 2.71. The Kier molecular flexibility index (Phi) is 3.21. The van der Waals surface area contributed by atoms with E-state index in [9.17, 15) is 0 Å². The van der Waals surface area contributed by atoms with Crippen molar-refractivity contribution < 1.29 is 4.74 Å². The van der Waals surface area contributed by atoms with Crippen molar-refractivity contribution in [2.45, 2.75) is 12.8 Å². The molecule has 0 saturated heterocycles. The highest BCUT2D eigenvalue weighted by molar-refractivity contribution is 7.71. The Balaban J connectivity index is 1.97. The van der Waals surface area contributed by atoms with Crippen LogP contribution in [0.25, 0.3) is 0 Å². The summed E-state index contributed by atoms with van der Waals surface area (Å²) >= 11 is 5.17. The van der Waals surface area contributed by atoms with Gasteiger partial charge in [-0.2, -0.15) is 0 Å². The van der Waals surface area contributed by atoms with E-state index in [1.165, 1.54) is 11.1 Å². The molecule has 0 saturated carbocycles. The second-order valence-electron chi connectivity index (χ2n) is 4.55. The van der Waals surface area contributed by atoms with Gasteiger partial charge in [0.25, 0.3) is 0 Å². The van der Waals surface area contributed by atoms with Crippen LogP contribution >= 0.6 is 12.2 Å². The number of aromatic amines is 1. The number of anilines is 1. The number of fused-ring (bicyclic) bond motifs is 1. The molecule has 1 aliphatic rings. The Morgan fingerprint density at radius 2 is 2.32 bits per heavy atom. The Hall–Kier alpha value is -1.88. The highest BCUT2D eigenvalue weighted by Crippen LogP contribution is 2.24. The van der Waals surface area contributed by atoms with Gasteiger partial charge in [0.05, 0.1) is 7.11 Å². The summed E-state index contributed by atoms with van der Waals surface area (Å²) < 4.78 is 5.79. The summed E-state index contributed by atoms with van der Waals surface area (Å²) in [6, 6.07) is 8.09. The van der Waals surface area contributed by atoms with Gasteiger partial charge in [-0.25, -0.2) is 4.98 Å². The molecule has 1 aromatic heterocycles. The first kappa shape index (κ1) is 12.2. The van der Waals surface area contributed by atoms with Gasteiger partial charge in [0, 0.05) is 24.2 Å². The van der Waals surface area contributed by atoms with E-state index in [4.69, 9.17) is 17.0 Å². The molecule has 1 aliphatic heterocycles. The minimum Gasteiger partial charge on any atom is -0.497 e. The van der Waals surface area contributed by atoms with Gasteiger partial charge in [-0.15, -0.1) is 0 Å². The van der Waals surface area contributed by atoms with Gasteiger partial charge in [0.1, 0.15) is 11.6 Å². The number of hydrogen-bond acceptors (Lipinski definition) is 4. The summed E-state index contributed by atoms with van der Waals surface area (Å²) in [5.74, 6) is 1.81. The molecule has 0 unspecified atom stereocenters. The molecule has 0 radical (unpaired) electrons. The molecule has 0 aliphatic carbocycles. The average Bonchev–Trinajstić information content (AvgIpc) is 2.87. The molecule has 0 fully saturated rings. The highest BCUT2D eigenvalue weighted by Gasteiger charge is 2.16. The van der Waals surface area contributed by atoms with E-state index in [0.29, 0.717) is 4.77 Å². The van der Waals surface area contributed by atoms with Crippen molar-refractivity contribution >= 4 is 18.0 Å².